The maximum Gasteiger partial charge on any atom is 0.231 e. The molecule has 1 aliphatic heterocycles. The van der Waals surface area contributed by atoms with E-state index in [2.05, 4.69) is 27.4 Å². The molecule has 0 fully saturated rings. The number of rotatable bonds is 3. The first kappa shape index (κ1) is 9.90. The highest BCUT2D eigenvalue weighted by Crippen LogP contribution is 2.21. The Morgan fingerprint density at radius 1 is 1.38 bits per heavy atom. The monoisotopic (exact) mass is 180 g/mol. The third-order valence-electron chi connectivity index (χ3n) is 2.13. The molecule has 0 unspecified atom stereocenters. The van der Waals surface area contributed by atoms with Gasteiger partial charge in [0.2, 0.25) is 6.79 Å². The molecule has 72 valence electrons. The smallest absolute Gasteiger partial charge is 0.231 e. The predicted molar refractivity (Wildman–Crippen MR) is 52.9 cm³/mol. The van der Waals surface area contributed by atoms with Gasteiger partial charge in [0.05, 0.1) is 0 Å². The highest BCUT2D eigenvalue weighted by molar-refractivity contribution is 5.28. The van der Waals surface area contributed by atoms with Crippen LogP contribution in [0.3, 0.4) is 0 Å². The van der Waals surface area contributed by atoms with E-state index in [9.17, 15) is 0 Å². The summed E-state index contributed by atoms with van der Waals surface area (Å²) in [4.78, 5) is 0. The second kappa shape index (κ2) is 4.17. The molecule has 0 spiro atoms. The predicted octanol–water partition coefficient (Wildman–Crippen LogP) is 2.99. The molecule has 2 heteroatoms. The fourth-order valence-corrected chi connectivity index (χ4v) is 0.944. The largest absolute Gasteiger partial charge is 0.454 e. The van der Waals surface area contributed by atoms with Gasteiger partial charge in [0.15, 0.2) is 11.5 Å². The minimum absolute atomic E-state index is 0.304. The summed E-state index contributed by atoms with van der Waals surface area (Å²) in [7, 11) is 0. The van der Waals surface area contributed by atoms with Gasteiger partial charge >= 0.3 is 0 Å². The highest BCUT2D eigenvalue weighted by atomic mass is 16.7. The van der Waals surface area contributed by atoms with Gasteiger partial charge in [0.25, 0.3) is 0 Å². The first-order valence-electron chi connectivity index (χ1n) is 4.45. The summed E-state index contributed by atoms with van der Waals surface area (Å²) in [6.45, 7) is 10.3. The molecule has 1 aliphatic rings. The Morgan fingerprint density at radius 3 is 2.54 bits per heavy atom. The highest BCUT2D eigenvalue weighted by Gasteiger charge is 2.12. The molecule has 0 aromatic carbocycles. The van der Waals surface area contributed by atoms with Crippen molar-refractivity contribution in [3.8, 4) is 0 Å². The van der Waals surface area contributed by atoms with Crippen LogP contribution in [0.4, 0.5) is 0 Å². The van der Waals surface area contributed by atoms with Crippen LogP contribution in [0.15, 0.2) is 35.8 Å². The van der Waals surface area contributed by atoms with Gasteiger partial charge in [-0.3, -0.25) is 0 Å². The van der Waals surface area contributed by atoms with Crippen molar-refractivity contribution in [1.82, 2.24) is 0 Å². The topological polar surface area (TPSA) is 18.5 Å². The Bertz CT molecular complexity index is 259. The average Bonchev–Trinajstić information content (AvgIpc) is 2.51. The molecule has 0 radical (unpaired) electrons. The molecule has 0 saturated heterocycles. The number of allylic oxidation sites excluding steroid dienone is 3. The van der Waals surface area contributed by atoms with Gasteiger partial charge in [-0.05, 0) is 25.0 Å². The van der Waals surface area contributed by atoms with Gasteiger partial charge in [0.1, 0.15) is 0 Å². The summed E-state index contributed by atoms with van der Waals surface area (Å²) >= 11 is 0. The van der Waals surface area contributed by atoms with E-state index in [0.717, 1.165) is 11.5 Å². The van der Waals surface area contributed by atoms with Crippen LogP contribution in [0.2, 0.25) is 0 Å². The molecule has 0 aromatic rings. The number of ether oxygens (including phenoxy) is 2. The van der Waals surface area contributed by atoms with E-state index < -0.39 is 0 Å². The van der Waals surface area contributed by atoms with Crippen molar-refractivity contribution in [1.29, 1.82) is 0 Å². The van der Waals surface area contributed by atoms with Crippen LogP contribution < -0.4 is 0 Å². The Kier molecular flexibility index (Phi) is 3.18. The molecule has 13 heavy (non-hydrogen) atoms. The lowest BCUT2D eigenvalue weighted by molar-refractivity contribution is 0.0777. The van der Waals surface area contributed by atoms with Crippen molar-refractivity contribution >= 4 is 0 Å². The summed E-state index contributed by atoms with van der Waals surface area (Å²) in [6.07, 6.45) is 3.68. The molecule has 0 saturated carbocycles. The fraction of sp³-hybridized carbons (Fsp3) is 0.455. The SMILES string of the molecule is C=CC1=C(/C=C(\C)C(C)C)OCO1. The Balaban J connectivity index is 2.83. The van der Waals surface area contributed by atoms with Gasteiger partial charge in [-0.25, -0.2) is 0 Å². The molecule has 0 atom stereocenters. The molecular weight excluding hydrogens is 164 g/mol. The van der Waals surface area contributed by atoms with Gasteiger partial charge in [0, 0.05) is 0 Å². The molecule has 0 bridgehead atoms. The van der Waals surface area contributed by atoms with E-state index in [-0.39, 0.29) is 0 Å². The van der Waals surface area contributed by atoms with E-state index in [4.69, 9.17) is 9.47 Å². The van der Waals surface area contributed by atoms with Crippen molar-refractivity contribution in [2.24, 2.45) is 5.92 Å². The van der Waals surface area contributed by atoms with Crippen LogP contribution in [0.25, 0.3) is 0 Å². The number of hydrogen-bond acceptors (Lipinski definition) is 2. The maximum atomic E-state index is 5.29. The van der Waals surface area contributed by atoms with Crippen LogP contribution in [0, 0.1) is 5.92 Å². The van der Waals surface area contributed by atoms with Gasteiger partial charge in [-0.15, -0.1) is 0 Å². The second-order valence-corrected chi connectivity index (χ2v) is 3.38. The Labute approximate surface area is 79.5 Å². The quantitative estimate of drug-likeness (QED) is 0.664. The normalized spacial score (nSPS) is 17.4. The lowest BCUT2D eigenvalue weighted by Gasteiger charge is -2.04. The summed E-state index contributed by atoms with van der Waals surface area (Å²) in [5.74, 6) is 2.06. The van der Waals surface area contributed by atoms with Gasteiger partial charge in [-0.2, -0.15) is 0 Å². The molecule has 1 heterocycles. The minimum Gasteiger partial charge on any atom is -0.454 e. The molecule has 0 amide bonds. The van der Waals surface area contributed by atoms with Gasteiger partial charge in [-0.1, -0.05) is 26.0 Å². The van der Waals surface area contributed by atoms with Crippen molar-refractivity contribution in [3.63, 3.8) is 0 Å². The zero-order chi connectivity index (χ0) is 9.84. The summed E-state index contributed by atoms with van der Waals surface area (Å²) < 4.78 is 10.5. The van der Waals surface area contributed by atoms with Crippen molar-refractivity contribution in [2.75, 3.05) is 6.79 Å². The maximum absolute atomic E-state index is 5.29. The van der Waals surface area contributed by atoms with Crippen LogP contribution in [0.5, 0.6) is 0 Å². The van der Waals surface area contributed by atoms with Crippen molar-refractivity contribution in [2.45, 2.75) is 20.8 Å². The van der Waals surface area contributed by atoms with Crippen molar-refractivity contribution < 1.29 is 9.47 Å². The zero-order valence-corrected chi connectivity index (χ0v) is 8.46. The third kappa shape index (κ3) is 2.38. The van der Waals surface area contributed by atoms with Crippen LogP contribution in [-0.2, 0) is 9.47 Å². The first-order chi connectivity index (χ1) is 6.15. The van der Waals surface area contributed by atoms with E-state index >= 15 is 0 Å². The second-order valence-electron chi connectivity index (χ2n) is 3.38. The fourth-order valence-electron chi connectivity index (χ4n) is 0.944. The third-order valence-corrected chi connectivity index (χ3v) is 2.13. The van der Waals surface area contributed by atoms with Crippen molar-refractivity contribution in [3.05, 3.63) is 35.8 Å². The molecule has 0 aliphatic carbocycles. The van der Waals surface area contributed by atoms with Crippen LogP contribution in [0.1, 0.15) is 20.8 Å². The minimum atomic E-state index is 0.304. The zero-order valence-electron chi connectivity index (χ0n) is 8.46. The summed E-state index contributed by atoms with van der Waals surface area (Å²) in [5, 5.41) is 0. The molecule has 1 rings (SSSR count). The molecule has 2 nitrogen and oxygen atoms in total. The van der Waals surface area contributed by atoms with Crippen LogP contribution in [-0.4, -0.2) is 6.79 Å². The van der Waals surface area contributed by atoms with E-state index in [1.54, 1.807) is 6.08 Å². The van der Waals surface area contributed by atoms with E-state index in [0.29, 0.717) is 12.7 Å². The summed E-state index contributed by atoms with van der Waals surface area (Å²) in [6, 6.07) is 0. The first-order valence-corrected chi connectivity index (χ1v) is 4.45. The lowest BCUT2D eigenvalue weighted by atomic mass is 10.0. The molecular formula is C11H16O2. The Hall–Kier alpha value is -1.18. The molecule has 0 aromatic heterocycles. The van der Waals surface area contributed by atoms with Crippen LogP contribution >= 0.6 is 0 Å². The molecule has 0 N–H and O–H groups in total. The van der Waals surface area contributed by atoms with Gasteiger partial charge < -0.3 is 9.47 Å². The summed E-state index contributed by atoms with van der Waals surface area (Å²) in [5.41, 5.74) is 1.28. The van der Waals surface area contributed by atoms with E-state index in [1.165, 1.54) is 5.57 Å². The Morgan fingerprint density at radius 2 is 2.00 bits per heavy atom. The standard InChI is InChI=1S/C11H16O2/c1-5-10-11(13-7-12-10)6-9(4)8(2)3/h5-6,8H,1,7H2,2-4H3/b9-6+. The lowest BCUT2D eigenvalue weighted by Crippen LogP contribution is -1.91. The average molecular weight is 180 g/mol. The van der Waals surface area contributed by atoms with E-state index in [1.807, 2.05) is 6.08 Å². The number of hydrogen-bond donors (Lipinski definition) is 0.